The number of hydrogen-bond acceptors (Lipinski definition) is 1. The van der Waals surface area contributed by atoms with Crippen molar-refractivity contribution in [3.8, 4) is 0 Å². The molecular formula is C16H20N2. The van der Waals surface area contributed by atoms with Crippen LogP contribution in [0.3, 0.4) is 0 Å². The lowest BCUT2D eigenvalue weighted by Crippen LogP contribution is -2.30. The highest BCUT2D eigenvalue weighted by Gasteiger charge is 2.14. The lowest BCUT2D eigenvalue weighted by molar-refractivity contribution is 0.197. The molecule has 0 aliphatic rings. The van der Waals surface area contributed by atoms with Crippen LogP contribution in [0.15, 0.2) is 61.8 Å². The zero-order valence-corrected chi connectivity index (χ0v) is 10.9. The molecule has 94 valence electrons. The van der Waals surface area contributed by atoms with E-state index < -0.39 is 0 Å². The van der Waals surface area contributed by atoms with E-state index in [-0.39, 0.29) is 0 Å². The summed E-state index contributed by atoms with van der Waals surface area (Å²) in [5.74, 6) is 0. The van der Waals surface area contributed by atoms with Crippen LogP contribution in [-0.2, 0) is 0 Å². The van der Waals surface area contributed by atoms with Crippen molar-refractivity contribution in [3.05, 3.63) is 61.8 Å². The highest BCUT2D eigenvalue weighted by molar-refractivity contribution is 5.80. The van der Waals surface area contributed by atoms with E-state index in [1.807, 2.05) is 12.2 Å². The van der Waals surface area contributed by atoms with Gasteiger partial charge in [-0.25, -0.2) is 0 Å². The summed E-state index contributed by atoms with van der Waals surface area (Å²) >= 11 is 0. The highest BCUT2D eigenvalue weighted by Crippen LogP contribution is 2.22. The number of hydrogen-bond donors (Lipinski definition) is 0. The van der Waals surface area contributed by atoms with Crippen LogP contribution in [-0.4, -0.2) is 22.6 Å². The third-order valence-corrected chi connectivity index (χ3v) is 3.29. The number of para-hydroxylation sites is 1. The lowest BCUT2D eigenvalue weighted by atomic mass is 10.2. The van der Waals surface area contributed by atoms with Gasteiger partial charge < -0.3 is 4.57 Å². The summed E-state index contributed by atoms with van der Waals surface area (Å²) in [5.41, 5.74) is 1.27. The number of fused-ring (bicyclic) bond motifs is 1. The molecule has 1 atom stereocenters. The topological polar surface area (TPSA) is 8.17 Å². The Balaban J connectivity index is 2.33. The van der Waals surface area contributed by atoms with Gasteiger partial charge in [0, 0.05) is 24.8 Å². The molecule has 0 fully saturated rings. The molecular weight excluding hydrogens is 220 g/mol. The maximum atomic E-state index is 3.82. The molecule has 0 saturated heterocycles. The molecule has 0 N–H and O–H groups in total. The smallest absolute Gasteiger partial charge is 0.0841 e. The van der Waals surface area contributed by atoms with Gasteiger partial charge in [0.15, 0.2) is 0 Å². The van der Waals surface area contributed by atoms with Crippen molar-refractivity contribution in [2.75, 3.05) is 13.1 Å². The minimum absolute atomic E-state index is 0.292. The molecule has 0 spiro atoms. The van der Waals surface area contributed by atoms with Crippen molar-refractivity contribution in [2.45, 2.75) is 13.1 Å². The number of benzene rings is 1. The average molecular weight is 240 g/mol. The van der Waals surface area contributed by atoms with Crippen LogP contribution in [0.2, 0.25) is 0 Å². The monoisotopic (exact) mass is 240 g/mol. The van der Waals surface area contributed by atoms with Crippen molar-refractivity contribution < 1.29 is 0 Å². The third kappa shape index (κ3) is 2.39. The van der Waals surface area contributed by atoms with E-state index in [1.54, 1.807) is 0 Å². The Bertz CT molecular complexity index is 529. The molecule has 0 bridgehead atoms. The Labute approximate surface area is 109 Å². The van der Waals surface area contributed by atoms with Crippen molar-refractivity contribution in [1.82, 2.24) is 9.47 Å². The third-order valence-electron chi connectivity index (χ3n) is 3.29. The summed E-state index contributed by atoms with van der Waals surface area (Å²) in [6, 6.07) is 10.6. The molecule has 1 aromatic heterocycles. The van der Waals surface area contributed by atoms with Gasteiger partial charge in [-0.1, -0.05) is 30.4 Å². The van der Waals surface area contributed by atoms with Gasteiger partial charge in [-0.05, 0) is 24.4 Å². The Morgan fingerprint density at radius 1 is 1.17 bits per heavy atom. The van der Waals surface area contributed by atoms with Crippen LogP contribution in [0.25, 0.3) is 10.9 Å². The molecule has 1 unspecified atom stereocenters. The first-order valence-corrected chi connectivity index (χ1v) is 6.29. The fourth-order valence-corrected chi connectivity index (χ4v) is 2.32. The Hall–Kier alpha value is -1.80. The minimum atomic E-state index is 0.292. The first kappa shape index (κ1) is 12.7. The van der Waals surface area contributed by atoms with Crippen LogP contribution < -0.4 is 0 Å². The highest BCUT2D eigenvalue weighted by atomic mass is 15.3. The van der Waals surface area contributed by atoms with Gasteiger partial charge in [0.1, 0.15) is 0 Å². The number of aromatic nitrogens is 1. The zero-order chi connectivity index (χ0) is 13.0. The quantitative estimate of drug-likeness (QED) is 0.697. The molecule has 1 aromatic carbocycles. The van der Waals surface area contributed by atoms with E-state index >= 15 is 0 Å². The van der Waals surface area contributed by atoms with E-state index in [2.05, 4.69) is 66.1 Å². The number of rotatable bonds is 6. The fourth-order valence-electron chi connectivity index (χ4n) is 2.32. The summed E-state index contributed by atoms with van der Waals surface area (Å²) in [6.45, 7) is 11.6. The Morgan fingerprint density at radius 2 is 1.83 bits per heavy atom. The molecule has 0 radical (unpaired) electrons. The second kappa shape index (κ2) is 5.69. The maximum absolute atomic E-state index is 3.82. The van der Waals surface area contributed by atoms with Gasteiger partial charge >= 0.3 is 0 Å². The first-order valence-electron chi connectivity index (χ1n) is 6.29. The fraction of sp³-hybridized carbons (Fsp3) is 0.250. The second-order valence-electron chi connectivity index (χ2n) is 4.44. The Morgan fingerprint density at radius 3 is 2.50 bits per heavy atom. The summed E-state index contributed by atoms with van der Waals surface area (Å²) in [5, 5.41) is 1.28. The Kier molecular flexibility index (Phi) is 4.00. The SMILES string of the molecule is C=CCN(CC=C)C(C)n1ccc2ccccc21. The zero-order valence-electron chi connectivity index (χ0n) is 10.9. The molecule has 0 aliphatic carbocycles. The first-order chi connectivity index (χ1) is 8.77. The molecule has 18 heavy (non-hydrogen) atoms. The average Bonchev–Trinajstić information content (AvgIpc) is 2.81. The van der Waals surface area contributed by atoms with Gasteiger partial charge in [-0.15, -0.1) is 13.2 Å². The summed E-state index contributed by atoms with van der Waals surface area (Å²) in [7, 11) is 0. The molecule has 2 aromatic rings. The van der Waals surface area contributed by atoms with Crippen LogP contribution in [0, 0.1) is 0 Å². The molecule has 2 nitrogen and oxygen atoms in total. The summed E-state index contributed by atoms with van der Waals surface area (Å²) < 4.78 is 2.29. The van der Waals surface area contributed by atoms with E-state index in [0.29, 0.717) is 6.17 Å². The van der Waals surface area contributed by atoms with Crippen molar-refractivity contribution in [2.24, 2.45) is 0 Å². The maximum Gasteiger partial charge on any atom is 0.0841 e. The molecule has 0 amide bonds. The largest absolute Gasteiger partial charge is 0.331 e. The van der Waals surface area contributed by atoms with Gasteiger partial charge in [0.25, 0.3) is 0 Å². The van der Waals surface area contributed by atoms with E-state index in [4.69, 9.17) is 0 Å². The summed E-state index contributed by atoms with van der Waals surface area (Å²) in [4.78, 5) is 2.33. The lowest BCUT2D eigenvalue weighted by Gasteiger charge is -2.28. The predicted molar refractivity (Wildman–Crippen MR) is 78.6 cm³/mol. The van der Waals surface area contributed by atoms with Gasteiger partial charge in [0.2, 0.25) is 0 Å². The molecule has 0 saturated carbocycles. The standard InChI is InChI=1S/C16H20N2/c1-4-11-17(12-5-2)14(3)18-13-10-15-8-6-7-9-16(15)18/h4-10,13-14H,1-2,11-12H2,3H3. The number of nitrogens with zero attached hydrogens (tertiary/aromatic N) is 2. The van der Waals surface area contributed by atoms with Crippen LogP contribution >= 0.6 is 0 Å². The van der Waals surface area contributed by atoms with E-state index in [1.165, 1.54) is 10.9 Å². The predicted octanol–water partition coefficient (Wildman–Crippen LogP) is 3.83. The van der Waals surface area contributed by atoms with Crippen molar-refractivity contribution in [3.63, 3.8) is 0 Å². The van der Waals surface area contributed by atoms with Gasteiger partial charge in [-0.3, -0.25) is 4.90 Å². The van der Waals surface area contributed by atoms with Crippen molar-refractivity contribution in [1.29, 1.82) is 0 Å². The molecule has 1 heterocycles. The van der Waals surface area contributed by atoms with Crippen LogP contribution in [0.4, 0.5) is 0 Å². The van der Waals surface area contributed by atoms with Gasteiger partial charge in [0.05, 0.1) is 6.17 Å². The van der Waals surface area contributed by atoms with Crippen LogP contribution in [0.5, 0.6) is 0 Å². The molecule has 2 heteroatoms. The van der Waals surface area contributed by atoms with E-state index in [9.17, 15) is 0 Å². The van der Waals surface area contributed by atoms with Crippen molar-refractivity contribution >= 4 is 10.9 Å². The van der Waals surface area contributed by atoms with Gasteiger partial charge in [-0.2, -0.15) is 0 Å². The second-order valence-corrected chi connectivity index (χ2v) is 4.44. The summed E-state index contributed by atoms with van der Waals surface area (Å²) in [6.07, 6.45) is 6.31. The normalized spacial score (nSPS) is 12.8. The molecule has 2 rings (SSSR count). The van der Waals surface area contributed by atoms with Crippen LogP contribution in [0.1, 0.15) is 13.1 Å². The molecule has 0 aliphatic heterocycles. The minimum Gasteiger partial charge on any atom is -0.331 e. The van der Waals surface area contributed by atoms with E-state index in [0.717, 1.165) is 13.1 Å².